The summed E-state index contributed by atoms with van der Waals surface area (Å²) in [6, 6.07) is 13.5. The van der Waals surface area contributed by atoms with Crippen LogP contribution in [0.4, 0.5) is 0 Å². The third-order valence-electron chi connectivity index (χ3n) is 12.7. The lowest BCUT2D eigenvalue weighted by atomic mass is 9.81. The number of hydrogen-bond donors (Lipinski definition) is 4. The molecule has 0 unspecified atom stereocenters. The van der Waals surface area contributed by atoms with Crippen molar-refractivity contribution in [1.29, 1.82) is 0 Å². The molecule has 0 saturated carbocycles. The number of likely N-dealkylation sites (N-methyl/N-ethyl adjacent to an activating group) is 2. The minimum atomic E-state index is -0.654. The highest BCUT2D eigenvalue weighted by atomic mass is 32.2. The number of amides is 3. The van der Waals surface area contributed by atoms with Crippen molar-refractivity contribution in [2.45, 2.75) is 133 Å². The Morgan fingerprint density at radius 1 is 0.678 bits per heavy atom. The fourth-order valence-corrected chi connectivity index (χ4v) is 12.6. The molecule has 320 valence electrons. The van der Waals surface area contributed by atoms with Crippen LogP contribution in [0.3, 0.4) is 0 Å². The average molecular weight is 863 g/mol. The Morgan fingerprint density at radius 2 is 1.07 bits per heavy atom. The molecule has 4 fully saturated rings. The molecule has 4 heterocycles. The molecule has 14 heteroatoms. The van der Waals surface area contributed by atoms with Crippen molar-refractivity contribution in [2.24, 2.45) is 10.8 Å². The number of hydrogen-bond acceptors (Lipinski definition) is 10. The summed E-state index contributed by atoms with van der Waals surface area (Å²) in [7, 11) is 3.55. The van der Waals surface area contributed by atoms with Gasteiger partial charge in [0.2, 0.25) is 17.7 Å². The van der Waals surface area contributed by atoms with Gasteiger partial charge in [-0.15, -0.1) is 23.5 Å². The minimum Gasteiger partial charge on any atom is -0.367 e. The van der Waals surface area contributed by atoms with Gasteiger partial charge in [0.05, 0.1) is 39.9 Å². The van der Waals surface area contributed by atoms with Crippen LogP contribution < -0.4 is 21.3 Å². The molecular formula is C45H62N6O5S3. The predicted molar refractivity (Wildman–Crippen MR) is 241 cm³/mol. The molecule has 4 N–H and O–H groups in total. The zero-order chi connectivity index (χ0) is 42.8. The van der Waals surface area contributed by atoms with Gasteiger partial charge in [-0.2, -0.15) is 0 Å². The largest absolute Gasteiger partial charge is 0.367 e. The number of ketones is 2. The number of nitrogens with zero attached hydrogens (tertiary/aromatic N) is 2. The fourth-order valence-electron chi connectivity index (χ4n) is 9.16. The van der Waals surface area contributed by atoms with E-state index in [4.69, 9.17) is 12.2 Å². The van der Waals surface area contributed by atoms with Crippen LogP contribution >= 0.6 is 35.7 Å². The minimum absolute atomic E-state index is 0.00937. The van der Waals surface area contributed by atoms with E-state index in [-0.39, 0.29) is 64.3 Å². The molecule has 4 aliphatic heterocycles. The summed E-state index contributed by atoms with van der Waals surface area (Å²) in [6.45, 7) is 12.1. The lowest BCUT2D eigenvalue weighted by Gasteiger charge is -2.34. The lowest BCUT2D eigenvalue weighted by Crippen LogP contribution is -2.56. The highest BCUT2D eigenvalue weighted by molar-refractivity contribution is 8.00. The first-order valence-electron chi connectivity index (χ1n) is 21.0. The Bertz CT molecular complexity index is 1770. The number of thiocarbonyl (C=S) groups is 1. The maximum Gasteiger partial charge on any atom is 0.246 e. The standard InChI is InChI=1S/C45H62N6O5S3/c1-26(46-7)40(54)48-32-17-19-58-36-24-44(3,4)38(50(36)42(32)55)34(52)22-30-13-9-28(10-14-30)21-29-11-15-31(16-12-29)23-35(53)39-45(5,6)25-37-51(39)43(56)33(18-20-59-37)49-41(57)27(2)47-8/h9-16,26-27,32-33,36-39,46-47H,17-25H2,1-8H3,(H,48,54)(H,49,57)/t26-,27-,32-,33-,36-,37-,38+,39+/m0/s1. The van der Waals surface area contributed by atoms with E-state index in [1.807, 2.05) is 55.3 Å². The van der Waals surface area contributed by atoms with Crippen LogP contribution in [0, 0.1) is 10.8 Å². The quantitative estimate of drug-likeness (QED) is 0.197. The number of Topliss-reactive ketones (excluding diaryl/α,β-unsaturated/α-hetero) is 2. The molecule has 0 aromatic heterocycles. The Balaban J connectivity index is 1.07. The number of benzene rings is 2. The first kappa shape index (κ1) is 45.2. The number of thioether (sulfide) groups is 2. The van der Waals surface area contributed by atoms with Crippen LogP contribution in [-0.4, -0.2) is 117 Å². The molecule has 4 aliphatic rings. The fraction of sp³-hybridized carbons (Fsp3) is 0.600. The molecule has 11 nitrogen and oxygen atoms in total. The van der Waals surface area contributed by atoms with Crippen LogP contribution in [0.5, 0.6) is 0 Å². The Kier molecular flexibility index (Phi) is 14.4. The molecule has 0 radical (unpaired) electrons. The van der Waals surface area contributed by atoms with Crippen LogP contribution in [0.25, 0.3) is 0 Å². The van der Waals surface area contributed by atoms with Crippen molar-refractivity contribution < 1.29 is 24.0 Å². The van der Waals surface area contributed by atoms with E-state index in [2.05, 4.69) is 61.1 Å². The Labute approximate surface area is 364 Å². The number of fused-ring (bicyclic) bond motifs is 2. The van der Waals surface area contributed by atoms with Gasteiger partial charge < -0.3 is 31.1 Å². The molecule has 3 amide bonds. The van der Waals surface area contributed by atoms with Crippen LogP contribution in [0.2, 0.25) is 0 Å². The van der Waals surface area contributed by atoms with Crippen molar-refractivity contribution in [3.05, 3.63) is 70.8 Å². The molecule has 0 aliphatic carbocycles. The second-order valence-corrected chi connectivity index (χ2v) is 21.2. The number of nitrogens with one attached hydrogen (secondary N) is 4. The summed E-state index contributed by atoms with van der Waals surface area (Å²) in [4.78, 5) is 73.0. The van der Waals surface area contributed by atoms with Gasteiger partial charge in [0.25, 0.3) is 0 Å². The number of carbonyl (C=O) groups is 5. The van der Waals surface area contributed by atoms with Gasteiger partial charge in [-0.1, -0.05) is 88.4 Å². The summed E-state index contributed by atoms with van der Waals surface area (Å²) < 4.78 is 0. The van der Waals surface area contributed by atoms with Crippen LogP contribution in [0.1, 0.15) is 89.5 Å². The van der Waals surface area contributed by atoms with E-state index >= 15 is 0 Å². The molecule has 4 saturated heterocycles. The smallest absolute Gasteiger partial charge is 0.246 e. The second-order valence-electron chi connectivity index (χ2n) is 18.1. The van der Waals surface area contributed by atoms with Gasteiger partial charge in [-0.25, -0.2) is 0 Å². The SMILES string of the molecule is CN[C@@H](C)C(=O)N[C@H]1CCS[C@H]2CC(C)(C)[C@@H](C(=O)Cc3ccc(Cc4ccc(CC(=O)[C@H]5N6C(=O)[C@@H](NC(=S)[C@H](C)NC)CCS[C@H]6CC5(C)C)cc4)cc3)N2C1=O. The maximum atomic E-state index is 14.1. The average Bonchev–Trinajstić information content (AvgIpc) is 3.51. The molecule has 6 rings (SSSR count). The van der Waals surface area contributed by atoms with Crippen molar-refractivity contribution >= 4 is 70.0 Å². The topological polar surface area (TPSA) is 140 Å². The normalized spacial score (nSPS) is 27.2. The summed E-state index contributed by atoms with van der Waals surface area (Å²) in [5.41, 5.74) is 3.26. The molecule has 2 aromatic carbocycles. The predicted octanol–water partition coefficient (Wildman–Crippen LogP) is 4.67. The zero-order valence-corrected chi connectivity index (χ0v) is 38.2. The van der Waals surface area contributed by atoms with Crippen LogP contribution in [0.15, 0.2) is 48.5 Å². The highest BCUT2D eigenvalue weighted by Crippen LogP contribution is 2.48. The summed E-state index contributed by atoms with van der Waals surface area (Å²) >= 11 is 9.04. The molecule has 8 atom stereocenters. The van der Waals surface area contributed by atoms with E-state index in [9.17, 15) is 24.0 Å². The molecular weight excluding hydrogens is 801 g/mol. The van der Waals surface area contributed by atoms with Gasteiger partial charge in [-0.3, -0.25) is 24.0 Å². The Morgan fingerprint density at radius 3 is 1.47 bits per heavy atom. The monoisotopic (exact) mass is 862 g/mol. The highest BCUT2D eigenvalue weighted by Gasteiger charge is 2.55. The summed E-state index contributed by atoms with van der Waals surface area (Å²) in [5.74, 6) is 1.18. The third kappa shape index (κ3) is 10.1. The molecule has 0 bridgehead atoms. The molecule has 2 aromatic rings. The number of carbonyl (C=O) groups excluding carboxylic acids is 5. The first-order chi connectivity index (χ1) is 27.9. The van der Waals surface area contributed by atoms with Crippen molar-refractivity contribution in [1.82, 2.24) is 31.1 Å². The third-order valence-corrected chi connectivity index (χ3v) is 15.7. The van der Waals surface area contributed by atoms with E-state index in [0.717, 1.165) is 46.6 Å². The summed E-state index contributed by atoms with van der Waals surface area (Å²) in [6.07, 6.45) is 3.84. The van der Waals surface area contributed by atoms with Gasteiger partial charge in [-0.05, 0) is 105 Å². The van der Waals surface area contributed by atoms with E-state index in [1.165, 1.54) is 0 Å². The molecule has 59 heavy (non-hydrogen) atoms. The van der Waals surface area contributed by atoms with E-state index in [0.29, 0.717) is 24.3 Å². The van der Waals surface area contributed by atoms with Crippen LogP contribution in [-0.2, 0) is 43.2 Å². The van der Waals surface area contributed by atoms with Gasteiger partial charge in [0, 0.05) is 12.8 Å². The lowest BCUT2D eigenvalue weighted by molar-refractivity contribution is -0.142. The molecule has 0 spiro atoms. The van der Waals surface area contributed by atoms with E-state index in [1.54, 1.807) is 42.4 Å². The van der Waals surface area contributed by atoms with Crippen molar-refractivity contribution in [3.8, 4) is 0 Å². The second kappa shape index (κ2) is 18.8. The first-order valence-corrected chi connectivity index (χ1v) is 23.5. The Hall–Kier alpha value is -3.30. The van der Waals surface area contributed by atoms with Gasteiger partial charge in [0.1, 0.15) is 12.1 Å². The van der Waals surface area contributed by atoms with Gasteiger partial charge in [0.15, 0.2) is 11.6 Å². The van der Waals surface area contributed by atoms with Gasteiger partial charge >= 0.3 is 0 Å². The van der Waals surface area contributed by atoms with Crippen molar-refractivity contribution in [3.63, 3.8) is 0 Å². The zero-order valence-electron chi connectivity index (χ0n) is 35.8. The van der Waals surface area contributed by atoms with Crippen molar-refractivity contribution in [2.75, 3.05) is 25.6 Å². The maximum absolute atomic E-state index is 14.1. The summed E-state index contributed by atoms with van der Waals surface area (Å²) in [5, 5.41) is 12.2. The number of rotatable bonds is 14. The van der Waals surface area contributed by atoms with E-state index < -0.39 is 35.6 Å².